The average Bonchev–Trinajstić information content (AvgIpc) is 2.57. The van der Waals surface area contributed by atoms with Crippen LogP contribution in [0.25, 0.3) is 22.3 Å². The Morgan fingerprint density at radius 2 is 1.17 bits per heavy atom. The number of aliphatic hydroxyl groups is 2. The van der Waals surface area contributed by atoms with E-state index in [2.05, 4.69) is 12.1 Å². The fourth-order valence-corrected chi connectivity index (χ4v) is 2.60. The van der Waals surface area contributed by atoms with E-state index in [1.54, 1.807) is 12.1 Å². The summed E-state index contributed by atoms with van der Waals surface area (Å²) in [4.78, 5) is 0. The summed E-state index contributed by atoms with van der Waals surface area (Å²) in [5.41, 5.74) is 4.70. The number of hydrogen-bond donors (Lipinski definition) is 3. The third kappa shape index (κ3) is 3.59. The molecular formula is C20H18O3. The van der Waals surface area contributed by atoms with Crippen molar-refractivity contribution in [3.05, 3.63) is 78.4 Å². The first-order valence-electron chi connectivity index (χ1n) is 7.47. The highest BCUT2D eigenvalue weighted by molar-refractivity contribution is 5.71. The number of phenols is 1. The number of aliphatic hydroxyl groups excluding tert-OH is 1. The van der Waals surface area contributed by atoms with Crippen LogP contribution in [0.4, 0.5) is 0 Å². The van der Waals surface area contributed by atoms with Crippen molar-refractivity contribution < 1.29 is 15.3 Å². The highest BCUT2D eigenvalue weighted by Crippen LogP contribution is 2.29. The predicted octanol–water partition coefficient (Wildman–Crippen LogP) is 3.58. The minimum Gasteiger partial charge on any atom is -0.508 e. The van der Waals surface area contributed by atoms with E-state index >= 15 is 0 Å². The van der Waals surface area contributed by atoms with Crippen LogP contribution < -0.4 is 0 Å². The minimum absolute atomic E-state index is 0.0130. The molecule has 0 spiro atoms. The Balaban J connectivity index is 1.86. The summed E-state index contributed by atoms with van der Waals surface area (Å²) in [7, 11) is 0. The molecule has 0 aliphatic carbocycles. The molecule has 0 radical (unpaired) electrons. The first kappa shape index (κ1) is 15.3. The zero-order valence-corrected chi connectivity index (χ0v) is 12.6. The lowest BCUT2D eigenvalue weighted by molar-refractivity contribution is -0.0384. The Kier molecular flexibility index (Phi) is 4.42. The molecule has 0 amide bonds. The number of rotatable bonds is 4. The van der Waals surface area contributed by atoms with Crippen molar-refractivity contribution in [3.8, 4) is 28.0 Å². The summed E-state index contributed by atoms with van der Waals surface area (Å²) in [6.45, 7) is 0. The quantitative estimate of drug-likeness (QED) is 0.646. The molecule has 0 saturated carbocycles. The van der Waals surface area contributed by atoms with E-state index < -0.39 is 6.29 Å². The Bertz CT molecular complexity index is 778. The van der Waals surface area contributed by atoms with Gasteiger partial charge >= 0.3 is 0 Å². The molecule has 0 saturated heterocycles. The van der Waals surface area contributed by atoms with Gasteiger partial charge in [-0.25, -0.2) is 0 Å². The topological polar surface area (TPSA) is 60.7 Å². The zero-order valence-electron chi connectivity index (χ0n) is 12.6. The van der Waals surface area contributed by atoms with E-state index in [9.17, 15) is 5.11 Å². The number of benzene rings is 3. The largest absolute Gasteiger partial charge is 0.508 e. The SMILES string of the molecule is Oc1cc(-c2ccc(-c3ccccc3)cc2)ccc1CC(O)O. The van der Waals surface area contributed by atoms with Crippen LogP contribution in [0.2, 0.25) is 0 Å². The second kappa shape index (κ2) is 6.65. The Morgan fingerprint density at radius 1 is 0.652 bits per heavy atom. The Labute approximate surface area is 135 Å². The van der Waals surface area contributed by atoms with Gasteiger partial charge in [0.25, 0.3) is 0 Å². The lowest BCUT2D eigenvalue weighted by Gasteiger charge is -2.09. The van der Waals surface area contributed by atoms with Crippen molar-refractivity contribution in [2.45, 2.75) is 12.7 Å². The molecule has 3 heteroatoms. The standard InChI is InChI=1S/C20H18O3/c21-19-12-17(10-11-18(19)13-20(22)23)16-8-6-15(7-9-16)14-4-2-1-3-5-14/h1-12,20-23H,13H2. The van der Waals surface area contributed by atoms with Crippen LogP contribution in [0.5, 0.6) is 5.75 Å². The lowest BCUT2D eigenvalue weighted by Crippen LogP contribution is -2.08. The number of hydrogen-bond acceptors (Lipinski definition) is 3. The van der Waals surface area contributed by atoms with Crippen LogP contribution in [0.15, 0.2) is 72.8 Å². The van der Waals surface area contributed by atoms with Crippen LogP contribution in [0.1, 0.15) is 5.56 Å². The summed E-state index contributed by atoms with van der Waals surface area (Å²) >= 11 is 0. The maximum Gasteiger partial charge on any atom is 0.155 e. The molecule has 3 nitrogen and oxygen atoms in total. The van der Waals surface area contributed by atoms with Gasteiger partial charge < -0.3 is 15.3 Å². The third-order valence-electron chi connectivity index (χ3n) is 3.81. The van der Waals surface area contributed by atoms with Gasteiger partial charge in [0.15, 0.2) is 6.29 Å². The van der Waals surface area contributed by atoms with Crippen LogP contribution in [0, 0.1) is 0 Å². The van der Waals surface area contributed by atoms with Crippen molar-refractivity contribution in [2.24, 2.45) is 0 Å². The minimum atomic E-state index is -1.46. The summed E-state index contributed by atoms with van der Waals surface area (Å²) in [6.07, 6.45) is -1.45. The van der Waals surface area contributed by atoms with Gasteiger partial charge in [-0.2, -0.15) is 0 Å². The highest BCUT2D eigenvalue weighted by atomic mass is 16.5. The van der Waals surface area contributed by atoms with Gasteiger partial charge in [0.2, 0.25) is 0 Å². The normalized spacial score (nSPS) is 10.9. The Morgan fingerprint density at radius 3 is 1.74 bits per heavy atom. The highest BCUT2D eigenvalue weighted by Gasteiger charge is 2.08. The molecule has 0 unspecified atom stereocenters. The van der Waals surface area contributed by atoms with Crippen molar-refractivity contribution >= 4 is 0 Å². The molecule has 116 valence electrons. The first-order chi connectivity index (χ1) is 11.1. The molecule has 3 N–H and O–H groups in total. The first-order valence-corrected chi connectivity index (χ1v) is 7.47. The number of aromatic hydroxyl groups is 1. The van der Waals surface area contributed by atoms with E-state index in [1.165, 1.54) is 0 Å². The fraction of sp³-hybridized carbons (Fsp3) is 0.100. The van der Waals surface area contributed by atoms with Gasteiger partial charge in [0.1, 0.15) is 5.75 Å². The van der Waals surface area contributed by atoms with Gasteiger partial charge in [0.05, 0.1) is 0 Å². The zero-order chi connectivity index (χ0) is 16.2. The van der Waals surface area contributed by atoms with Crippen molar-refractivity contribution in [1.29, 1.82) is 0 Å². The smallest absolute Gasteiger partial charge is 0.155 e. The Hall–Kier alpha value is -2.62. The van der Waals surface area contributed by atoms with Gasteiger partial charge in [-0.1, -0.05) is 66.7 Å². The molecule has 3 aromatic rings. The van der Waals surface area contributed by atoms with E-state index in [4.69, 9.17) is 10.2 Å². The van der Waals surface area contributed by atoms with Gasteiger partial charge in [-0.3, -0.25) is 0 Å². The van der Waals surface area contributed by atoms with E-state index in [0.717, 1.165) is 22.3 Å². The molecule has 3 rings (SSSR count). The van der Waals surface area contributed by atoms with Crippen molar-refractivity contribution in [3.63, 3.8) is 0 Å². The van der Waals surface area contributed by atoms with Crippen LogP contribution in [0.3, 0.4) is 0 Å². The molecule has 3 aromatic carbocycles. The number of phenolic OH excluding ortho intramolecular Hbond substituents is 1. The van der Waals surface area contributed by atoms with Crippen LogP contribution in [-0.4, -0.2) is 21.6 Å². The second-order valence-electron chi connectivity index (χ2n) is 5.47. The maximum absolute atomic E-state index is 10.0. The molecule has 0 aliphatic heterocycles. The molecule has 0 fully saturated rings. The average molecular weight is 306 g/mol. The van der Waals surface area contributed by atoms with Gasteiger partial charge in [0, 0.05) is 6.42 Å². The summed E-state index contributed by atoms with van der Waals surface area (Å²) < 4.78 is 0. The maximum atomic E-state index is 10.0. The fourth-order valence-electron chi connectivity index (χ4n) is 2.60. The monoisotopic (exact) mass is 306 g/mol. The van der Waals surface area contributed by atoms with Gasteiger partial charge in [-0.05, 0) is 33.9 Å². The van der Waals surface area contributed by atoms with Crippen molar-refractivity contribution in [1.82, 2.24) is 0 Å². The van der Waals surface area contributed by atoms with E-state index in [1.807, 2.05) is 48.5 Å². The van der Waals surface area contributed by atoms with E-state index in [-0.39, 0.29) is 12.2 Å². The summed E-state index contributed by atoms with van der Waals surface area (Å²) in [5, 5.41) is 28.0. The molecule has 0 atom stereocenters. The lowest BCUT2D eigenvalue weighted by atomic mass is 9.98. The summed E-state index contributed by atoms with van der Waals surface area (Å²) in [5.74, 6) is 0.0720. The molecule has 0 aliphatic rings. The molecule has 23 heavy (non-hydrogen) atoms. The van der Waals surface area contributed by atoms with Crippen molar-refractivity contribution in [2.75, 3.05) is 0 Å². The van der Waals surface area contributed by atoms with Crippen LogP contribution in [-0.2, 0) is 6.42 Å². The molecular weight excluding hydrogens is 288 g/mol. The van der Waals surface area contributed by atoms with E-state index in [0.29, 0.717) is 5.56 Å². The van der Waals surface area contributed by atoms with Gasteiger partial charge in [-0.15, -0.1) is 0 Å². The second-order valence-corrected chi connectivity index (χ2v) is 5.47. The predicted molar refractivity (Wildman–Crippen MR) is 90.9 cm³/mol. The summed E-state index contributed by atoms with van der Waals surface area (Å²) in [6, 6.07) is 23.5. The molecule has 0 heterocycles. The molecule has 0 aromatic heterocycles. The molecule has 0 bridgehead atoms. The third-order valence-corrected chi connectivity index (χ3v) is 3.81. The van der Waals surface area contributed by atoms with Crippen LogP contribution >= 0.6 is 0 Å².